The van der Waals surface area contributed by atoms with Crippen molar-refractivity contribution in [3.63, 3.8) is 0 Å². The van der Waals surface area contributed by atoms with E-state index in [-0.39, 0.29) is 0 Å². The molecule has 0 bridgehead atoms. The van der Waals surface area contributed by atoms with E-state index < -0.39 is 22.4 Å². The van der Waals surface area contributed by atoms with Crippen molar-refractivity contribution < 1.29 is 17.7 Å². The molecule has 0 saturated heterocycles. The van der Waals surface area contributed by atoms with Crippen LogP contribution in [0.2, 0.25) is 10.0 Å². The van der Waals surface area contributed by atoms with Crippen LogP contribution in [0.15, 0.2) is 18.2 Å². The Bertz CT molecular complexity index is 500. The minimum Gasteiger partial charge on any atom is -0.375 e. The third kappa shape index (κ3) is 4.08. The lowest BCUT2D eigenvalue weighted by Gasteiger charge is -2.24. The molecule has 0 radical (unpaired) electrons. The van der Waals surface area contributed by atoms with Crippen LogP contribution in [0.1, 0.15) is 18.6 Å². The van der Waals surface area contributed by atoms with Crippen molar-refractivity contribution in [1.82, 2.24) is 4.72 Å². The summed E-state index contributed by atoms with van der Waals surface area (Å²) in [6.07, 6.45) is -0.715. The smallest absolute Gasteiger partial charge is 0.333 e. The maximum atomic E-state index is 10.8. The Morgan fingerprint density at radius 3 is 2.22 bits per heavy atom. The summed E-state index contributed by atoms with van der Waals surface area (Å²) in [5.41, 5.74) is 0.465. The fourth-order valence-electron chi connectivity index (χ4n) is 1.65. The average Bonchev–Trinajstić information content (AvgIpc) is 2.20. The van der Waals surface area contributed by atoms with Crippen LogP contribution in [0.4, 0.5) is 0 Å². The van der Waals surface area contributed by atoms with Crippen molar-refractivity contribution in [2.75, 3.05) is 7.11 Å². The molecule has 0 saturated carbocycles. The summed E-state index contributed by atoms with van der Waals surface area (Å²) in [4.78, 5) is 0. The number of benzene rings is 1. The predicted octanol–water partition coefficient (Wildman–Crippen LogP) is 2.46. The van der Waals surface area contributed by atoms with E-state index in [0.717, 1.165) is 0 Å². The molecule has 0 aliphatic rings. The Labute approximate surface area is 116 Å². The number of halogens is 2. The molecule has 0 fully saturated rings. The normalized spacial score (nSPS) is 15.4. The van der Waals surface area contributed by atoms with Gasteiger partial charge in [-0.05, 0) is 19.1 Å². The van der Waals surface area contributed by atoms with Crippen LogP contribution < -0.4 is 4.72 Å². The van der Waals surface area contributed by atoms with E-state index in [4.69, 9.17) is 32.5 Å². The second kappa shape index (κ2) is 6.18. The molecule has 0 aromatic heterocycles. The highest BCUT2D eigenvalue weighted by Gasteiger charge is 2.26. The van der Waals surface area contributed by atoms with Gasteiger partial charge in [0, 0.05) is 22.7 Å². The molecular formula is C10H13Cl2NO4S. The van der Waals surface area contributed by atoms with Gasteiger partial charge >= 0.3 is 10.3 Å². The van der Waals surface area contributed by atoms with Crippen molar-refractivity contribution in [1.29, 1.82) is 0 Å². The topological polar surface area (TPSA) is 75.6 Å². The first-order valence-corrected chi connectivity index (χ1v) is 7.17. The van der Waals surface area contributed by atoms with Gasteiger partial charge in [-0.2, -0.15) is 13.1 Å². The fourth-order valence-corrected chi connectivity index (χ4v) is 2.86. The Morgan fingerprint density at radius 2 is 1.83 bits per heavy atom. The van der Waals surface area contributed by atoms with E-state index in [9.17, 15) is 8.42 Å². The van der Waals surface area contributed by atoms with Crippen LogP contribution in [-0.4, -0.2) is 26.1 Å². The second-order valence-electron chi connectivity index (χ2n) is 3.67. The second-order valence-corrected chi connectivity index (χ2v) is 5.67. The van der Waals surface area contributed by atoms with Gasteiger partial charge in [-0.15, -0.1) is 0 Å². The molecule has 1 aromatic rings. The molecule has 0 unspecified atom stereocenters. The number of ether oxygens (including phenoxy) is 1. The largest absolute Gasteiger partial charge is 0.375 e. The van der Waals surface area contributed by atoms with Gasteiger partial charge in [0.15, 0.2) is 0 Å². The molecule has 0 amide bonds. The Hall–Kier alpha value is -0.370. The predicted molar refractivity (Wildman–Crippen MR) is 70.4 cm³/mol. The number of methoxy groups -OCH3 is 1. The lowest BCUT2D eigenvalue weighted by molar-refractivity contribution is 0.0799. The van der Waals surface area contributed by atoms with Gasteiger partial charge < -0.3 is 4.74 Å². The molecule has 2 N–H and O–H groups in total. The summed E-state index contributed by atoms with van der Waals surface area (Å²) < 4.78 is 37.5. The summed E-state index contributed by atoms with van der Waals surface area (Å²) in [6, 6.07) is 4.17. The summed E-state index contributed by atoms with van der Waals surface area (Å²) in [7, 11) is -2.93. The third-order valence-electron chi connectivity index (χ3n) is 2.33. The molecule has 2 atom stereocenters. The standard InChI is InChI=1S/C10H13Cl2NO4S/c1-6(13-18(14,15)16)10(17-2)9-7(11)4-3-5-8(9)12/h3-6,10,13H,1-2H3,(H,14,15,16)/t6-,10+/m0/s1. The van der Waals surface area contributed by atoms with Gasteiger partial charge in [0.1, 0.15) is 6.10 Å². The third-order valence-corrected chi connectivity index (χ3v) is 3.66. The quantitative estimate of drug-likeness (QED) is 0.819. The first kappa shape index (κ1) is 15.7. The van der Waals surface area contributed by atoms with Crippen molar-refractivity contribution >= 4 is 33.5 Å². The maximum Gasteiger partial charge on any atom is 0.333 e. The number of rotatable bonds is 5. The lowest BCUT2D eigenvalue weighted by atomic mass is 10.0. The zero-order chi connectivity index (χ0) is 13.9. The first-order valence-electron chi connectivity index (χ1n) is 4.97. The zero-order valence-corrected chi connectivity index (χ0v) is 12.1. The van der Waals surface area contributed by atoms with Gasteiger partial charge in [-0.25, -0.2) is 0 Å². The Kier molecular flexibility index (Phi) is 5.39. The summed E-state index contributed by atoms with van der Waals surface area (Å²) in [5.74, 6) is 0. The van der Waals surface area contributed by atoms with E-state index in [1.54, 1.807) is 18.2 Å². The van der Waals surface area contributed by atoms with E-state index in [0.29, 0.717) is 15.6 Å². The van der Waals surface area contributed by atoms with Crippen LogP contribution in [0.3, 0.4) is 0 Å². The highest BCUT2D eigenvalue weighted by atomic mass is 35.5. The van der Waals surface area contributed by atoms with Crippen molar-refractivity contribution in [2.45, 2.75) is 19.1 Å². The molecule has 0 aliphatic carbocycles. The van der Waals surface area contributed by atoms with E-state index >= 15 is 0 Å². The van der Waals surface area contributed by atoms with Gasteiger partial charge in [-0.1, -0.05) is 29.3 Å². The lowest BCUT2D eigenvalue weighted by Crippen LogP contribution is -2.37. The van der Waals surface area contributed by atoms with E-state index in [1.165, 1.54) is 14.0 Å². The average molecular weight is 314 g/mol. The van der Waals surface area contributed by atoms with Crippen LogP contribution in [0.25, 0.3) is 0 Å². The van der Waals surface area contributed by atoms with E-state index in [2.05, 4.69) is 0 Å². The fraction of sp³-hybridized carbons (Fsp3) is 0.400. The van der Waals surface area contributed by atoms with Gasteiger partial charge in [0.2, 0.25) is 0 Å². The molecule has 8 heteroatoms. The van der Waals surface area contributed by atoms with Crippen LogP contribution in [-0.2, 0) is 15.0 Å². The van der Waals surface area contributed by atoms with Crippen molar-refractivity contribution in [3.8, 4) is 0 Å². The van der Waals surface area contributed by atoms with Gasteiger partial charge in [0.25, 0.3) is 0 Å². The molecule has 0 heterocycles. The minimum atomic E-state index is -4.33. The van der Waals surface area contributed by atoms with Crippen LogP contribution >= 0.6 is 23.2 Å². The summed E-state index contributed by atoms with van der Waals surface area (Å²) >= 11 is 12.0. The SMILES string of the molecule is CO[C@@H](c1c(Cl)cccc1Cl)[C@H](C)NS(=O)(=O)O. The van der Waals surface area contributed by atoms with Crippen molar-refractivity contribution in [3.05, 3.63) is 33.8 Å². The van der Waals surface area contributed by atoms with Gasteiger partial charge in [-0.3, -0.25) is 4.55 Å². The van der Waals surface area contributed by atoms with Crippen LogP contribution in [0, 0.1) is 0 Å². The highest BCUT2D eigenvalue weighted by molar-refractivity contribution is 7.83. The van der Waals surface area contributed by atoms with Crippen molar-refractivity contribution in [2.24, 2.45) is 0 Å². The minimum absolute atomic E-state index is 0.360. The molecule has 102 valence electrons. The molecule has 0 spiro atoms. The number of hydrogen-bond acceptors (Lipinski definition) is 3. The van der Waals surface area contributed by atoms with E-state index in [1.807, 2.05) is 4.72 Å². The molecule has 1 aromatic carbocycles. The van der Waals surface area contributed by atoms with Crippen LogP contribution in [0.5, 0.6) is 0 Å². The maximum absolute atomic E-state index is 10.8. The molecular weight excluding hydrogens is 301 g/mol. The Morgan fingerprint density at radius 1 is 1.33 bits per heavy atom. The summed E-state index contributed by atoms with van der Waals surface area (Å²) in [6.45, 7) is 1.53. The molecule has 1 rings (SSSR count). The first-order chi connectivity index (χ1) is 8.26. The zero-order valence-electron chi connectivity index (χ0n) is 9.72. The number of hydrogen-bond donors (Lipinski definition) is 2. The molecule has 5 nitrogen and oxygen atoms in total. The van der Waals surface area contributed by atoms with Gasteiger partial charge in [0.05, 0.1) is 6.04 Å². The highest BCUT2D eigenvalue weighted by Crippen LogP contribution is 2.33. The monoisotopic (exact) mass is 313 g/mol. The molecule has 0 aliphatic heterocycles. The number of nitrogens with one attached hydrogen (secondary N) is 1. The Balaban J connectivity index is 3.10. The molecule has 18 heavy (non-hydrogen) atoms. The summed E-state index contributed by atoms with van der Waals surface area (Å²) in [5, 5.41) is 0.719.